The van der Waals surface area contributed by atoms with Gasteiger partial charge in [-0.3, -0.25) is 0 Å². The predicted molar refractivity (Wildman–Crippen MR) is 68.3 cm³/mol. The maximum absolute atomic E-state index is 12.1. The lowest BCUT2D eigenvalue weighted by Crippen LogP contribution is -2.35. The average Bonchev–Trinajstić information content (AvgIpc) is 2.30. The van der Waals surface area contributed by atoms with E-state index in [-0.39, 0.29) is 6.04 Å². The number of sulfonamides is 1. The fourth-order valence-electron chi connectivity index (χ4n) is 1.91. The molecular weight excluding hydrogens is 234 g/mol. The van der Waals surface area contributed by atoms with Crippen LogP contribution >= 0.6 is 0 Å². The van der Waals surface area contributed by atoms with E-state index in [1.165, 1.54) is 0 Å². The summed E-state index contributed by atoms with van der Waals surface area (Å²) in [5.74, 6) is 0. The van der Waals surface area contributed by atoms with Crippen molar-refractivity contribution in [2.24, 2.45) is 0 Å². The van der Waals surface area contributed by atoms with Crippen LogP contribution in [0.5, 0.6) is 0 Å². The van der Waals surface area contributed by atoms with Gasteiger partial charge in [-0.1, -0.05) is 29.8 Å². The summed E-state index contributed by atoms with van der Waals surface area (Å²) in [6.45, 7) is 1.94. The predicted octanol–water partition coefficient (Wildman–Crippen LogP) is 2.38. The van der Waals surface area contributed by atoms with Gasteiger partial charge in [0, 0.05) is 6.04 Å². The molecule has 0 spiro atoms. The number of nitrogens with one attached hydrogen (secondary N) is 1. The summed E-state index contributed by atoms with van der Waals surface area (Å²) in [6, 6.07) is 6.96. The Hall–Kier alpha value is -1.13. The van der Waals surface area contributed by atoms with Gasteiger partial charge in [0.25, 0.3) is 0 Å². The molecule has 1 aliphatic carbocycles. The van der Waals surface area contributed by atoms with E-state index in [4.69, 9.17) is 0 Å². The van der Waals surface area contributed by atoms with Gasteiger partial charge in [-0.15, -0.1) is 0 Å². The highest BCUT2D eigenvalue weighted by molar-refractivity contribution is 7.89. The molecule has 3 nitrogen and oxygen atoms in total. The normalized spacial score (nSPS) is 20.4. The van der Waals surface area contributed by atoms with Crippen molar-refractivity contribution in [2.75, 3.05) is 0 Å². The first-order chi connectivity index (χ1) is 8.08. The fourth-order valence-corrected chi connectivity index (χ4v) is 3.19. The molecular formula is C13H17NO2S. The molecule has 92 valence electrons. The van der Waals surface area contributed by atoms with Crippen LogP contribution < -0.4 is 4.72 Å². The van der Waals surface area contributed by atoms with E-state index in [9.17, 15) is 8.42 Å². The second kappa shape index (κ2) is 5.02. The van der Waals surface area contributed by atoms with E-state index in [0.717, 1.165) is 24.8 Å². The van der Waals surface area contributed by atoms with Crippen molar-refractivity contribution in [2.45, 2.75) is 37.1 Å². The lowest BCUT2D eigenvalue weighted by Gasteiger charge is -2.19. The van der Waals surface area contributed by atoms with E-state index < -0.39 is 10.0 Å². The highest BCUT2D eigenvalue weighted by Gasteiger charge is 2.19. The molecule has 1 aromatic rings. The second-order valence-electron chi connectivity index (χ2n) is 4.42. The summed E-state index contributed by atoms with van der Waals surface area (Å²) < 4.78 is 26.9. The molecule has 0 bridgehead atoms. The van der Waals surface area contributed by atoms with Crippen molar-refractivity contribution in [3.8, 4) is 0 Å². The van der Waals surface area contributed by atoms with E-state index >= 15 is 0 Å². The Kier molecular flexibility index (Phi) is 3.64. The quantitative estimate of drug-likeness (QED) is 0.838. The molecule has 1 aliphatic rings. The summed E-state index contributed by atoms with van der Waals surface area (Å²) >= 11 is 0. The van der Waals surface area contributed by atoms with E-state index in [1.54, 1.807) is 12.1 Å². The van der Waals surface area contributed by atoms with Gasteiger partial charge in [0.2, 0.25) is 10.0 Å². The summed E-state index contributed by atoms with van der Waals surface area (Å²) in [6.07, 6.45) is 6.73. The number of hydrogen-bond acceptors (Lipinski definition) is 2. The maximum atomic E-state index is 12.1. The summed E-state index contributed by atoms with van der Waals surface area (Å²) in [4.78, 5) is 0.345. The molecule has 0 saturated carbocycles. The van der Waals surface area contributed by atoms with Crippen LogP contribution in [0.1, 0.15) is 24.8 Å². The third-order valence-corrected chi connectivity index (χ3v) is 4.46. The molecule has 17 heavy (non-hydrogen) atoms. The van der Waals surface area contributed by atoms with Crippen LogP contribution in [-0.4, -0.2) is 14.5 Å². The second-order valence-corrected chi connectivity index (χ2v) is 6.13. The number of benzene rings is 1. The van der Waals surface area contributed by atoms with Crippen molar-refractivity contribution in [1.29, 1.82) is 0 Å². The molecule has 0 aromatic heterocycles. The molecule has 0 saturated heterocycles. The van der Waals surface area contributed by atoms with Crippen LogP contribution in [0.4, 0.5) is 0 Å². The molecule has 1 N–H and O–H groups in total. The van der Waals surface area contributed by atoms with Crippen LogP contribution in [0.2, 0.25) is 0 Å². The molecule has 0 fully saturated rings. The number of rotatable bonds is 3. The minimum absolute atomic E-state index is 0.0336. The molecule has 1 aromatic carbocycles. The van der Waals surface area contributed by atoms with E-state index in [0.29, 0.717) is 4.90 Å². The summed E-state index contributed by atoms with van der Waals surface area (Å²) in [5, 5.41) is 0. The monoisotopic (exact) mass is 251 g/mol. The van der Waals surface area contributed by atoms with Gasteiger partial charge in [0.05, 0.1) is 4.90 Å². The third kappa shape index (κ3) is 3.17. The molecule has 0 heterocycles. The first-order valence-corrected chi connectivity index (χ1v) is 7.30. The SMILES string of the molecule is Cc1ccc(S(=O)(=O)NC2CC=CCC2)cc1. The Bertz CT molecular complexity index is 503. The van der Waals surface area contributed by atoms with Crippen molar-refractivity contribution in [3.63, 3.8) is 0 Å². The van der Waals surface area contributed by atoms with E-state index in [1.807, 2.05) is 25.1 Å². The minimum atomic E-state index is -3.36. The van der Waals surface area contributed by atoms with Crippen molar-refractivity contribution >= 4 is 10.0 Å². The van der Waals surface area contributed by atoms with Gasteiger partial charge in [-0.2, -0.15) is 0 Å². The average molecular weight is 251 g/mol. The van der Waals surface area contributed by atoms with E-state index in [2.05, 4.69) is 10.8 Å². The zero-order valence-corrected chi connectivity index (χ0v) is 10.7. The fraction of sp³-hybridized carbons (Fsp3) is 0.385. The molecule has 0 aliphatic heterocycles. The topological polar surface area (TPSA) is 46.2 Å². The largest absolute Gasteiger partial charge is 0.240 e. The minimum Gasteiger partial charge on any atom is -0.208 e. The lowest BCUT2D eigenvalue weighted by molar-refractivity contribution is 0.522. The highest BCUT2D eigenvalue weighted by atomic mass is 32.2. The van der Waals surface area contributed by atoms with Crippen LogP contribution in [0.25, 0.3) is 0 Å². The first-order valence-electron chi connectivity index (χ1n) is 5.82. The maximum Gasteiger partial charge on any atom is 0.240 e. The molecule has 2 rings (SSSR count). The molecule has 1 unspecified atom stereocenters. The Morgan fingerprint density at radius 1 is 1.18 bits per heavy atom. The van der Waals surface area contributed by atoms with Gasteiger partial charge in [-0.25, -0.2) is 13.1 Å². The number of allylic oxidation sites excluding steroid dienone is 1. The number of aryl methyl sites for hydroxylation is 1. The van der Waals surface area contributed by atoms with Crippen LogP contribution in [0, 0.1) is 6.92 Å². The molecule has 0 radical (unpaired) electrons. The zero-order chi connectivity index (χ0) is 12.3. The van der Waals surface area contributed by atoms with Crippen LogP contribution in [0.15, 0.2) is 41.3 Å². The summed E-state index contributed by atoms with van der Waals surface area (Å²) in [7, 11) is -3.36. The Morgan fingerprint density at radius 2 is 1.88 bits per heavy atom. The highest BCUT2D eigenvalue weighted by Crippen LogP contribution is 2.15. The van der Waals surface area contributed by atoms with Crippen molar-refractivity contribution in [3.05, 3.63) is 42.0 Å². The van der Waals surface area contributed by atoms with Gasteiger partial charge in [0.15, 0.2) is 0 Å². The third-order valence-electron chi connectivity index (χ3n) is 2.92. The first kappa shape index (κ1) is 12.3. The van der Waals surface area contributed by atoms with Gasteiger partial charge < -0.3 is 0 Å². The summed E-state index contributed by atoms with van der Waals surface area (Å²) in [5.41, 5.74) is 1.06. The van der Waals surface area contributed by atoms with Crippen molar-refractivity contribution in [1.82, 2.24) is 4.72 Å². The Labute approximate surface area is 103 Å². The Balaban J connectivity index is 2.13. The number of hydrogen-bond donors (Lipinski definition) is 1. The molecule has 4 heteroatoms. The smallest absolute Gasteiger partial charge is 0.208 e. The molecule has 1 atom stereocenters. The van der Waals surface area contributed by atoms with Gasteiger partial charge in [0.1, 0.15) is 0 Å². The standard InChI is InChI=1S/C13H17NO2S/c1-11-7-9-13(10-8-11)17(15,16)14-12-5-3-2-4-6-12/h2-3,7-10,12,14H,4-6H2,1H3. The van der Waals surface area contributed by atoms with Crippen LogP contribution in [0.3, 0.4) is 0 Å². The van der Waals surface area contributed by atoms with Crippen LogP contribution in [-0.2, 0) is 10.0 Å². The lowest BCUT2D eigenvalue weighted by atomic mass is 10.0. The molecule has 0 amide bonds. The van der Waals surface area contributed by atoms with Gasteiger partial charge >= 0.3 is 0 Å². The van der Waals surface area contributed by atoms with Gasteiger partial charge in [-0.05, 0) is 38.3 Å². The Morgan fingerprint density at radius 3 is 2.47 bits per heavy atom. The zero-order valence-electron chi connectivity index (χ0n) is 9.89. The van der Waals surface area contributed by atoms with Crippen molar-refractivity contribution < 1.29 is 8.42 Å².